The van der Waals surface area contributed by atoms with Crippen LogP contribution in [0.1, 0.15) is 23.0 Å². The Balaban J connectivity index is 2.75. The molecule has 0 atom stereocenters. The Morgan fingerprint density at radius 2 is 2.25 bits per heavy atom. The molecule has 0 aliphatic carbocycles. The second-order valence-corrected chi connectivity index (χ2v) is 3.54. The Labute approximate surface area is 93.1 Å². The summed E-state index contributed by atoms with van der Waals surface area (Å²) in [7, 11) is 1.56. The van der Waals surface area contributed by atoms with E-state index in [1.54, 1.807) is 17.7 Å². The number of carboxylic acids is 1. The number of carboxylic acid groups (broad SMARTS) is 1. The molecule has 0 aliphatic heterocycles. The van der Waals surface area contributed by atoms with E-state index in [0.29, 0.717) is 17.9 Å². The van der Waals surface area contributed by atoms with Gasteiger partial charge in [-0.05, 0) is 30.2 Å². The molecular weight excluding hydrogens is 206 g/mol. The van der Waals surface area contributed by atoms with Gasteiger partial charge in [0.15, 0.2) is 0 Å². The Hall–Kier alpha value is -1.97. The highest BCUT2D eigenvalue weighted by Crippen LogP contribution is 2.21. The van der Waals surface area contributed by atoms with E-state index in [-0.39, 0.29) is 0 Å². The Kier molecular flexibility index (Phi) is 2.56. The van der Waals surface area contributed by atoms with Crippen LogP contribution in [0.25, 0.3) is 5.52 Å². The van der Waals surface area contributed by atoms with Gasteiger partial charge >= 0.3 is 5.97 Å². The van der Waals surface area contributed by atoms with Gasteiger partial charge in [0.2, 0.25) is 0 Å². The lowest BCUT2D eigenvalue weighted by molar-refractivity contribution is 0.0688. The van der Waals surface area contributed by atoms with Gasteiger partial charge in [-0.2, -0.15) is 0 Å². The van der Waals surface area contributed by atoms with Gasteiger partial charge in [0.05, 0.1) is 13.3 Å². The van der Waals surface area contributed by atoms with Crippen LogP contribution in [-0.4, -0.2) is 22.6 Å². The number of hydrogen-bond donors (Lipinski definition) is 1. The minimum absolute atomic E-state index is 0.316. The van der Waals surface area contributed by atoms with Crippen molar-refractivity contribution in [2.45, 2.75) is 13.3 Å². The fourth-order valence-electron chi connectivity index (χ4n) is 1.84. The first-order valence-electron chi connectivity index (χ1n) is 5.08. The van der Waals surface area contributed by atoms with Crippen molar-refractivity contribution in [3.05, 3.63) is 35.7 Å². The number of aromatic carboxylic acids is 1. The molecule has 84 valence electrons. The van der Waals surface area contributed by atoms with E-state index in [1.807, 2.05) is 25.1 Å². The number of nitrogens with zero attached hydrogens (tertiary/aromatic N) is 1. The maximum atomic E-state index is 11.2. The first kappa shape index (κ1) is 10.5. The summed E-state index contributed by atoms with van der Waals surface area (Å²) >= 11 is 0. The summed E-state index contributed by atoms with van der Waals surface area (Å²) in [5.74, 6) is -0.265. The SMILES string of the molecule is CCc1cc2ccc(OC)cn2c1C(=O)O. The molecule has 0 fully saturated rings. The van der Waals surface area contributed by atoms with Crippen molar-refractivity contribution in [3.8, 4) is 5.75 Å². The molecule has 1 N–H and O–H groups in total. The largest absolute Gasteiger partial charge is 0.495 e. The number of rotatable bonds is 3. The van der Waals surface area contributed by atoms with Crippen LogP contribution in [0, 0.1) is 0 Å². The zero-order valence-corrected chi connectivity index (χ0v) is 9.23. The molecule has 4 nitrogen and oxygen atoms in total. The molecule has 0 aliphatic rings. The number of aryl methyl sites for hydroxylation is 1. The molecule has 2 rings (SSSR count). The highest BCUT2D eigenvalue weighted by atomic mass is 16.5. The molecule has 0 saturated heterocycles. The van der Waals surface area contributed by atoms with Crippen molar-refractivity contribution in [2.24, 2.45) is 0 Å². The first-order valence-corrected chi connectivity index (χ1v) is 5.08. The molecule has 0 bridgehead atoms. The standard InChI is InChI=1S/C12H13NO3/c1-3-8-6-9-4-5-10(16-2)7-13(9)11(8)12(14)15/h4-7H,3H2,1-2H3,(H,14,15). The average Bonchev–Trinajstić information content (AvgIpc) is 2.65. The second-order valence-electron chi connectivity index (χ2n) is 3.54. The van der Waals surface area contributed by atoms with Crippen molar-refractivity contribution in [1.82, 2.24) is 4.40 Å². The second kappa shape index (κ2) is 3.89. The first-order chi connectivity index (χ1) is 7.67. The van der Waals surface area contributed by atoms with Crippen LogP contribution >= 0.6 is 0 Å². The van der Waals surface area contributed by atoms with Crippen LogP contribution in [0.4, 0.5) is 0 Å². The third-order valence-electron chi connectivity index (χ3n) is 2.64. The molecule has 0 unspecified atom stereocenters. The summed E-state index contributed by atoms with van der Waals surface area (Å²) < 4.78 is 6.74. The maximum Gasteiger partial charge on any atom is 0.353 e. The van der Waals surface area contributed by atoms with E-state index >= 15 is 0 Å². The van der Waals surface area contributed by atoms with E-state index in [2.05, 4.69) is 0 Å². The van der Waals surface area contributed by atoms with Crippen molar-refractivity contribution in [2.75, 3.05) is 7.11 Å². The topological polar surface area (TPSA) is 50.9 Å². The third-order valence-corrected chi connectivity index (χ3v) is 2.64. The van der Waals surface area contributed by atoms with Crippen LogP contribution in [0.2, 0.25) is 0 Å². The van der Waals surface area contributed by atoms with Gasteiger partial charge in [0.1, 0.15) is 11.4 Å². The number of ether oxygens (including phenoxy) is 1. The zero-order valence-electron chi connectivity index (χ0n) is 9.23. The highest BCUT2D eigenvalue weighted by Gasteiger charge is 2.15. The molecule has 2 aromatic rings. The molecule has 0 amide bonds. The summed E-state index contributed by atoms with van der Waals surface area (Å²) in [5.41, 5.74) is 2.02. The molecule has 2 aromatic heterocycles. The number of carbonyl (C=O) groups is 1. The highest BCUT2D eigenvalue weighted by molar-refractivity contribution is 5.89. The van der Waals surface area contributed by atoms with Crippen molar-refractivity contribution < 1.29 is 14.6 Å². The molecule has 0 radical (unpaired) electrons. The molecule has 4 heteroatoms. The van der Waals surface area contributed by atoms with E-state index in [4.69, 9.17) is 4.74 Å². The normalized spacial score (nSPS) is 10.6. The van der Waals surface area contributed by atoms with Gasteiger partial charge in [-0.1, -0.05) is 6.92 Å². The Bertz CT molecular complexity index is 542. The third kappa shape index (κ3) is 1.52. The number of fused-ring (bicyclic) bond motifs is 1. The monoisotopic (exact) mass is 219 g/mol. The van der Waals surface area contributed by atoms with Crippen LogP contribution in [0.15, 0.2) is 24.4 Å². The van der Waals surface area contributed by atoms with Gasteiger partial charge < -0.3 is 14.2 Å². The minimum Gasteiger partial charge on any atom is -0.495 e. The number of hydrogen-bond acceptors (Lipinski definition) is 2. The molecular formula is C12H13NO3. The van der Waals surface area contributed by atoms with Crippen LogP contribution in [0.5, 0.6) is 5.75 Å². The van der Waals surface area contributed by atoms with Crippen molar-refractivity contribution in [1.29, 1.82) is 0 Å². The van der Waals surface area contributed by atoms with Crippen molar-refractivity contribution in [3.63, 3.8) is 0 Å². The lowest BCUT2D eigenvalue weighted by atomic mass is 10.2. The lowest BCUT2D eigenvalue weighted by Crippen LogP contribution is -2.04. The molecule has 0 saturated carbocycles. The molecule has 0 aromatic carbocycles. The van der Waals surface area contributed by atoms with E-state index in [9.17, 15) is 9.90 Å². The van der Waals surface area contributed by atoms with Crippen molar-refractivity contribution >= 4 is 11.5 Å². The van der Waals surface area contributed by atoms with Gasteiger partial charge in [-0.15, -0.1) is 0 Å². The minimum atomic E-state index is -0.912. The predicted octanol–water partition coefficient (Wildman–Crippen LogP) is 2.21. The maximum absolute atomic E-state index is 11.2. The summed E-state index contributed by atoms with van der Waals surface area (Å²) in [4.78, 5) is 11.2. The average molecular weight is 219 g/mol. The smallest absolute Gasteiger partial charge is 0.353 e. The van der Waals surface area contributed by atoms with E-state index < -0.39 is 5.97 Å². The van der Waals surface area contributed by atoms with Gasteiger partial charge in [0.25, 0.3) is 0 Å². The van der Waals surface area contributed by atoms with Gasteiger partial charge in [0, 0.05) is 5.52 Å². The summed E-state index contributed by atoms with van der Waals surface area (Å²) in [6, 6.07) is 5.56. The van der Waals surface area contributed by atoms with Crippen LogP contribution < -0.4 is 4.74 Å². The van der Waals surface area contributed by atoms with Crippen LogP contribution in [-0.2, 0) is 6.42 Å². The Morgan fingerprint density at radius 1 is 1.50 bits per heavy atom. The summed E-state index contributed by atoms with van der Waals surface area (Å²) in [5, 5.41) is 9.19. The summed E-state index contributed by atoms with van der Waals surface area (Å²) in [6.07, 6.45) is 2.39. The Morgan fingerprint density at radius 3 is 2.81 bits per heavy atom. The quantitative estimate of drug-likeness (QED) is 0.861. The number of methoxy groups -OCH3 is 1. The molecule has 16 heavy (non-hydrogen) atoms. The van der Waals surface area contributed by atoms with Crippen LogP contribution in [0.3, 0.4) is 0 Å². The van der Waals surface area contributed by atoms with Gasteiger partial charge in [-0.25, -0.2) is 4.79 Å². The van der Waals surface area contributed by atoms with E-state index in [1.165, 1.54) is 0 Å². The van der Waals surface area contributed by atoms with E-state index in [0.717, 1.165) is 11.1 Å². The lowest BCUT2D eigenvalue weighted by Gasteiger charge is -2.03. The number of pyridine rings is 1. The van der Waals surface area contributed by atoms with Gasteiger partial charge in [-0.3, -0.25) is 0 Å². The fourth-order valence-corrected chi connectivity index (χ4v) is 1.84. The summed E-state index contributed by atoms with van der Waals surface area (Å²) in [6.45, 7) is 1.94. The fraction of sp³-hybridized carbons (Fsp3) is 0.250. The zero-order chi connectivity index (χ0) is 11.7. The molecule has 2 heterocycles. The predicted molar refractivity (Wildman–Crippen MR) is 60.3 cm³/mol. The number of aromatic nitrogens is 1. The molecule has 0 spiro atoms.